The van der Waals surface area contributed by atoms with Gasteiger partial charge in [0, 0.05) is 19.5 Å². The molecule has 0 aromatic heterocycles. The molecule has 9 heteroatoms. The molecule has 2 aliphatic rings. The summed E-state index contributed by atoms with van der Waals surface area (Å²) in [6.45, 7) is 9.01. The summed E-state index contributed by atoms with van der Waals surface area (Å²) in [5, 5.41) is 11.8. The van der Waals surface area contributed by atoms with Crippen molar-refractivity contribution in [3.63, 3.8) is 0 Å². The summed E-state index contributed by atoms with van der Waals surface area (Å²) in [5.74, 6) is -1.06. The molecule has 5 atom stereocenters. The second kappa shape index (κ2) is 11.4. The molecule has 36 heavy (non-hydrogen) atoms. The zero-order chi connectivity index (χ0) is 26.6. The van der Waals surface area contributed by atoms with Gasteiger partial charge >= 0.3 is 0 Å². The molecule has 1 aliphatic heterocycles. The molecule has 1 unspecified atom stereocenters. The fourth-order valence-electron chi connectivity index (χ4n) is 5.10. The standard InChI is InChI=1S/C27H41N5O4/c1-16(28-6)24(34)31-23(27(3,4)5)26(36)32-15-19(29-17(2)33)14-22(32)25(35)30-21-13-9-11-18-10-7-8-12-20(18)21/h7-8,10,12,16,19,21-23,28H,9,11,13-15H2,1-6H3,(H,29,33)(H,30,35)(H,31,34)/t16-,19-,21?,22-,23+/m0/s1. The second-order valence-electron chi connectivity index (χ2n) is 11.1. The van der Waals surface area contributed by atoms with Gasteiger partial charge in [0.1, 0.15) is 12.1 Å². The number of rotatable bonds is 7. The number of likely N-dealkylation sites (N-methyl/N-ethyl adjacent to an activating group) is 1. The molecule has 1 aromatic rings. The van der Waals surface area contributed by atoms with Crippen LogP contribution in [0, 0.1) is 5.41 Å². The van der Waals surface area contributed by atoms with Crippen LogP contribution in [0.2, 0.25) is 0 Å². The van der Waals surface area contributed by atoms with E-state index < -0.39 is 23.5 Å². The molecular formula is C27H41N5O4. The normalized spacial score (nSPS) is 23.3. The first-order chi connectivity index (χ1) is 16.9. The highest BCUT2D eigenvalue weighted by Gasteiger charge is 2.45. The van der Waals surface area contributed by atoms with Crippen molar-refractivity contribution in [2.24, 2.45) is 5.41 Å². The molecule has 1 aliphatic carbocycles. The van der Waals surface area contributed by atoms with Crippen molar-refractivity contribution < 1.29 is 19.2 Å². The number of benzene rings is 1. The van der Waals surface area contributed by atoms with E-state index >= 15 is 0 Å². The monoisotopic (exact) mass is 499 g/mol. The van der Waals surface area contributed by atoms with Crippen LogP contribution in [0.4, 0.5) is 0 Å². The predicted molar refractivity (Wildman–Crippen MR) is 138 cm³/mol. The fourth-order valence-corrected chi connectivity index (χ4v) is 5.10. The van der Waals surface area contributed by atoms with Crippen molar-refractivity contribution in [1.29, 1.82) is 0 Å². The van der Waals surface area contributed by atoms with Crippen LogP contribution >= 0.6 is 0 Å². The Morgan fingerprint density at radius 2 is 1.78 bits per heavy atom. The van der Waals surface area contributed by atoms with Gasteiger partial charge in [-0.1, -0.05) is 45.0 Å². The van der Waals surface area contributed by atoms with Gasteiger partial charge in [0.15, 0.2) is 0 Å². The van der Waals surface area contributed by atoms with E-state index in [0.717, 1.165) is 24.8 Å². The molecule has 9 nitrogen and oxygen atoms in total. The first kappa shape index (κ1) is 27.6. The third-order valence-corrected chi connectivity index (χ3v) is 7.21. The van der Waals surface area contributed by atoms with Crippen LogP contribution in [0.3, 0.4) is 0 Å². The minimum atomic E-state index is -0.831. The smallest absolute Gasteiger partial charge is 0.246 e. The van der Waals surface area contributed by atoms with Crippen molar-refractivity contribution in [2.75, 3.05) is 13.6 Å². The zero-order valence-corrected chi connectivity index (χ0v) is 22.3. The molecule has 0 saturated carbocycles. The highest BCUT2D eigenvalue weighted by molar-refractivity contribution is 5.94. The number of amides is 4. The van der Waals surface area contributed by atoms with Gasteiger partial charge < -0.3 is 26.2 Å². The van der Waals surface area contributed by atoms with Gasteiger partial charge in [-0.25, -0.2) is 0 Å². The molecular weight excluding hydrogens is 458 g/mol. The Morgan fingerprint density at radius 1 is 1.08 bits per heavy atom. The number of fused-ring (bicyclic) bond motifs is 1. The number of aryl methyl sites for hydroxylation is 1. The quantitative estimate of drug-likeness (QED) is 0.452. The Kier molecular flexibility index (Phi) is 8.76. The molecule has 1 saturated heterocycles. The number of nitrogens with one attached hydrogen (secondary N) is 4. The van der Waals surface area contributed by atoms with E-state index in [1.54, 1.807) is 14.0 Å². The third-order valence-electron chi connectivity index (χ3n) is 7.21. The zero-order valence-electron chi connectivity index (χ0n) is 22.3. The van der Waals surface area contributed by atoms with Gasteiger partial charge in [0.05, 0.1) is 12.1 Å². The number of nitrogens with zero attached hydrogens (tertiary/aromatic N) is 1. The molecule has 4 N–H and O–H groups in total. The Hall–Kier alpha value is -2.94. The topological polar surface area (TPSA) is 120 Å². The van der Waals surface area contributed by atoms with Crippen molar-refractivity contribution in [3.05, 3.63) is 35.4 Å². The number of carbonyl (C=O) groups excluding carboxylic acids is 4. The van der Waals surface area contributed by atoms with E-state index in [2.05, 4.69) is 27.3 Å². The molecule has 1 heterocycles. The maximum atomic E-state index is 13.9. The molecule has 3 rings (SSSR count). The van der Waals surface area contributed by atoms with Crippen LogP contribution in [-0.4, -0.2) is 66.3 Å². The molecule has 0 spiro atoms. The van der Waals surface area contributed by atoms with Crippen LogP contribution in [0.15, 0.2) is 24.3 Å². The highest BCUT2D eigenvalue weighted by atomic mass is 16.2. The second-order valence-corrected chi connectivity index (χ2v) is 11.1. The van der Waals surface area contributed by atoms with Gasteiger partial charge in [-0.15, -0.1) is 0 Å². The van der Waals surface area contributed by atoms with Crippen LogP contribution in [0.5, 0.6) is 0 Å². The minimum Gasteiger partial charge on any atom is -0.352 e. The maximum absolute atomic E-state index is 13.9. The number of hydrogen-bond acceptors (Lipinski definition) is 5. The van der Waals surface area contributed by atoms with Crippen LogP contribution in [-0.2, 0) is 25.6 Å². The SMILES string of the molecule is CN[C@@H](C)C(=O)N[C@H](C(=O)N1C[C@@H](NC(C)=O)C[C@H]1C(=O)NC1CCCc2ccccc21)C(C)(C)C. The molecule has 0 bridgehead atoms. The van der Waals surface area contributed by atoms with Gasteiger partial charge in [-0.05, 0) is 56.2 Å². The summed E-state index contributed by atoms with van der Waals surface area (Å²) in [7, 11) is 1.68. The van der Waals surface area contributed by atoms with Gasteiger partial charge in [0.2, 0.25) is 23.6 Å². The van der Waals surface area contributed by atoms with Gasteiger partial charge in [-0.3, -0.25) is 19.2 Å². The summed E-state index contributed by atoms with van der Waals surface area (Å²) in [5.41, 5.74) is 1.77. The molecule has 198 valence electrons. The predicted octanol–water partition coefficient (Wildman–Crippen LogP) is 1.42. The van der Waals surface area contributed by atoms with E-state index in [-0.39, 0.29) is 42.3 Å². The van der Waals surface area contributed by atoms with Crippen molar-refractivity contribution in [1.82, 2.24) is 26.2 Å². The molecule has 0 radical (unpaired) electrons. The van der Waals surface area contributed by atoms with Crippen molar-refractivity contribution in [3.8, 4) is 0 Å². The largest absolute Gasteiger partial charge is 0.352 e. The first-order valence-corrected chi connectivity index (χ1v) is 12.9. The number of carbonyl (C=O) groups is 4. The van der Waals surface area contributed by atoms with E-state index in [4.69, 9.17) is 0 Å². The number of likely N-dealkylation sites (tertiary alicyclic amines) is 1. The lowest BCUT2D eigenvalue weighted by Gasteiger charge is -2.36. The average molecular weight is 500 g/mol. The van der Waals surface area contributed by atoms with Crippen LogP contribution in [0.1, 0.15) is 71.0 Å². The van der Waals surface area contributed by atoms with Gasteiger partial charge in [-0.2, -0.15) is 0 Å². The Bertz CT molecular complexity index is 989. The van der Waals surface area contributed by atoms with Crippen LogP contribution in [0.25, 0.3) is 0 Å². The summed E-state index contributed by atoms with van der Waals surface area (Å²) in [6.07, 6.45) is 3.12. The fraction of sp³-hybridized carbons (Fsp3) is 0.630. The van der Waals surface area contributed by atoms with E-state index in [1.807, 2.05) is 39.0 Å². The van der Waals surface area contributed by atoms with E-state index in [9.17, 15) is 19.2 Å². The lowest BCUT2D eigenvalue weighted by molar-refractivity contribution is -0.144. The minimum absolute atomic E-state index is 0.117. The Labute approximate surface area is 214 Å². The summed E-state index contributed by atoms with van der Waals surface area (Å²) >= 11 is 0. The summed E-state index contributed by atoms with van der Waals surface area (Å²) in [4.78, 5) is 53.5. The van der Waals surface area contributed by atoms with E-state index in [1.165, 1.54) is 17.4 Å². The Morgan fingerprint density at radius 3 is 2.42 bits per heavy atom. The molecule has 1 fully saturated rings. The lowest BCUT2D eigenvalue weighted by Crippen LogP contribution is -2.59. The lowest BCUT2D eigenvalue weighted by atomic mass is 9.85. The molecule has 1 aromatic carbocycles. The van der Waals surface area contributed by atoms with E-state index in [0.29, 0.717) is 6.42 Å². The van der Waals surface area contributed by atoms with Crippen molar-refractivity contribution in [2.45, 2.75) is 90.5 Å². The average Bonchev–Trinajstić information content (AvgIpc) is 3.24. The number of hydrogen-bond donors (Lipinski definition) is 4. The van der Waals surface area contributed by atoms with Crippen LogP contribution < -0.4 is 21.3 Å². The first-order valence-electron chi connectivity index (χ1n) is 12.9. The maximum Gasteiger partial charge on any atom is 0.246 e. The third kappa shape index (κ3) is 6.43. The summed E-state index contributed by atoms with van der Waals surface area (Å²) in [6, 6.07) is 5.62. The highest BCUT2D eigenvalue weighted by Crippen LogP contribution is 2.31. The molecule has 4 amide bonds. The summed E-state index contributed by atoms with van der Waals surface area (Å²) < 4.78 is 0. The Balaban J connectivity index is 1.85. The van der Waals surface area contributed by atoms with Crippen molar-refractivity contribution >= 4 is 23.6 Å². The van der Waals surface area contributed by atoms with Gasteiger partial charge in [0.25, 0.3) is 0 Å².